The van der Waals surface area contributed by atoms with Gasteiger partial charge < -0.3 is 10.5 Å². The largest absolute Gasteiger partial charge is 0.465 e. The molecular formula is C18H21NO2. The maximum atomic E-state index is 11.5. The summed E-state index contributed by atoms with van der Waals surface area (Å²) in [7, 11) is 0. The molecule has 2 aromatic rings. The van der Waals surface area contributed by atoms with Crippen LogP contribution in [0.25, 0.3) is 11.1 Å². The minimum Gasteiger partial charge on any atom is -0.465 e. The van der Waals surface area contributed by atoms with E-state index in [4.69, 9.17) is 10.5 Å². The molecule has 0 aliphatic carbocycles. The fourth-order valence-electron chi connectivity index (χ4n) is 2.24. The average Bonchev–Trinajstić information content (AvgIpc) is 2.48. The van der Waals surface area contributed by atoms with Gasteiger partial charge in [-0.15, -0.1) is 0 Å². The Bertz CT molecular complexity index is 605. The normalized spacial score (nSPS) is 12.0. The first kappa shape index (κ1) is 15.3. The van der Waals surface area contributed by atoms with Crippen molar-refractivity contribution in [2.75, 3.05) is 6.61 Å². The molecule has 2 aromatic carbocycles. The highest BCUT2D eigenvalue weighted by Gasteiger charge is 2.14. The van der Waals surface area contributed by atoms with E-state index in [1.54, 1.807) is 6.92 Å². The smallest absolute Gasteiger partial charge is 0.323 e. The predicted molar refractivity (Wildman–Crippen MR) is 84.9 cm³/mol. The zero-order valence-electron chi connectivity index (χ0n) is 12.5. The highest BCUT2D eigenvalue weighted by Crippen LogP contribution is 2.21. The number of carbonyl (C=O) groups is 1. The molecule has 0 amide bonds. The van der Waals surface area contributed by atoms with Crippen LogP contribution >= 0.6 is 0 Å². The van der Waals surface area contributed by atoms with Gasteiger partial charge in [0.25, 0.3) is 0 Å². The van der Waals surface area contributed by atoms with Gasteiger partial charge in [0.05, 0.1) is 6.61 Å². The Morgan fingerprint density at radius 2 is 1.86 bits per heavy atom. The molecule has 1 unspecified atom stereocenters. The van der Waals surface area contributed by atoms with Gasteiger partial charge in [0.1, 0.15) is 6.04 Å². The number of hydrogen-bond acceptors (Lipinski definition) is 3. The van der Waals surface area contributed by atoms with Crippen molar-refractivity contribution < 1.29 is 9.53 Å². The van der Waals surface area contributed by atoms with Crippen LogP contribution in [0.2, 0.25) is 0 Å². The van der Waals surface area contributed by atoms with Gasteiger partial charge in [-0.05, 0) is 37.0 Å². The number of nitrogens with two attached hydrogens (primary N) is 1. The lowest BCUT2D eigenvalue weighted by Gasteiger charge is -2.11. The molecule has 0 bridgehead atoms. The Morgan fingerprint density at radius 1 is 1.14 bits per heavy atom. The summed E-state index contributed by atoms with van der Waals surface area (Å²) in [6.07, 6.45) is 0.493. The van der Waals surface area contributed by atoms with Crippen LogP contribution in [-0.2, 0) is 16.0 Å². The Kier molecular flexibility index (Phi) is 5.12. The SMILES string of the molecule is CCOC(=O)C(N)Cc1ccc(-c2cccc(C)c2)cc1. The van der Waals surface area contributed by atoms with Gasteiger partial charge in [-0.2, -0.15) is 0 Å². The van der Waals surface area contributed by atoms with E-state index < -0.39 is 6.04 Å². The topological polar surface area (TPSA) is 52.3 Å². The molecule has 0 saturated heterocycles. The first-order valence-corrected chi connectivity index (χ1v) is 7.18. The van der Waals surface area contributed by atoms with Crippen LogP contribution in [0.3, 0.4) is 0 Å². The van der Waals surface area contributed by atoms with Crippen molar-refractivity contribution in [1.82, 2.24) is 0 Å². The summed E-state index contributed by atoms with van der Waals surface area (Å²) < 4.78 is 4.92. The summed E-state index contributed by atoms with van der Waals surface area (Å²) in [5, 5.41) is 0. The van der Waals surface area contributed by atoms with Crippen molar-refractivity contribution in [1.29, 1.82) is 0 Å². The standard InChI is InChI=1S/C18H21NO2/c1-3-21-18(20)17(19)12-14-7-9-15(10-8-14)16-6-4-5-13(2)11-16/h4-11,17H,3,12,19H2,1-2H3. The molecule has 2 N–H and O–H groups in total. The maximum Gasteiger partial charge on any atom is 0.323 e. The average molecular weight is 283 g/mol. The van der Waals surface area contributed by atoms with Crippen LogP contribution in [0.15, 0.2) is 48.5 Å². The fourth-order valence-corrected chi connectivity index (χ4v) is 2.24. The first-order chi connectivity index (χ1) is 10.1. The molecule has 110 valence electrons. The second-order valence-corrected chi connectivity index (χ2v) is 5.13. The van der Waals surface area contributed by atoms with Gasteiger partial charge >= 0.3 is 5.97 Å². The molecular weight excluding hydrogens is 262 g/mol. The summed E-state index contributed by atoms with van der Waals surface area (Å²) in [5.74, 6) is -0.347. The van der Waals surface area contributed by atoms with E-state index in [-0.39, 0.29) is 5.97 Å². The minimum absolute atomic E-state index is 0.347. The first-order valence-electron chi connectivity index (χ1n) is 7.18. The van der Waals surface area contributed by atoms with Crippen LogP contribution in [0.5, 0.6) is 0 Å². The van der Waals surface area contributed by atoms with Gasteiger partial charge in [-0.25, -0.2) is 0 Å². The van der Waals surface area contributed by atoms with Crippen LogP contribution in [0, 0.1) is 6.92 Å². The van der Waals surface area contributed by atoms with Crippen LogP contribution < -0.4 is 5.73 Å². The number of ether oxygens (including phenoxy) is 1. The van der Waals surface area contributed by atoms with E-state index in [9.17, 15) is 4.79 Å². The van der Waals surface area contributed by atoms with Crippen molar-refractivity contribution >= 4 is 5.97 Å². The van der Waals surface area contributed by atoms with Gasteiger partial charge in [-0.1, -0.05) is 54.1 Å². The Balaban J connectivity index is 2.07. The van der Waals surface area contributed by atoms with Gasteiger partial charge in [0, 0.05) is 0 Å². The zero-order chi connectivity index (χ0) is 15.2. The highest BCUT2D eigenvalue weighted by atomic mass is 16.5. The molecule has 0 aromatic heterocycles. The molecule has 21 heavy (non-hydrogen) atoms. The van der Waals surface area contributed by atoms with Gasteiger partial charge in [0.2, 0.25) is 0 Å². The molecule has 0 fully saturated rings. The summed E-state index contributed by atoms with van der Waals surface area (Å²) in [5.41, 5.74) is 10.5. The molecule has 0 radical (unpaired) electrons. The lowest BCUT2D eigenvalue weighted by molar-refractivity contribution is -0.144. The summed E-state index contributed by atoms with van der Waals surface area (Å²) in [6.45, 7) is 4.22. The third-order valence-electron chi connectivity index (χ3n) is 3.35. The molecule has 3 nitrogen and oxygen atoms in total. The van der Waals surface area contributed by atoms with E-state index in [1.807, 2.05) is 12.1 Å². The molecule has 0 heterocycles. The van der Waals surface area contributed by atoms with E-state index in [2.05, 4.69) is 43.3 Å². The molecule has 1 atom stereocenters. The van der Waals surface area contributed by atoms with Crippen molar-refractivity contribution in [3.63, 3.8) is 0 Å². The van der Waals surface area contributed by atoms with Crippen molar-refractivity contribution in [2.45, 2.75) is 26.3 Å². The molecule has 0 spiro atoms. The fraction of sp³-hybridized carbons (Fsp3) is 0.278. The van der Waals surface area contributed by atoms with Crippen molar-refractivity contribution in [3.05, 3.63) is 59.7 Å². The number of hydrogen-bond donors (Lipinski definition) is 1. The van der Waals surface area contributed by atoms with Crippen LogP contribution in [0.4, 0.5) is 0 Å². The number of carbonyl (C=O) groups excluding carboxylic acids is 1. The summed E-state index contributed by atoms with van der Waals surface area (Å²) in [4.78, 5) is 11.5. The van der Waals surface area contributed by atoms with Crippen molar-refractivity contribution in [3.8, 4) is 11.1 Å². The van der Waals surface area contributed by atoms with E-state index in [0.29, 0.717) is 13.0 Å². The van der Waals surface area contributed by atoms with Gasteiger partial charge in [-0.3, -0.25) is 4.79 Å². The zero-order valence-corrected chi connectivity index (χ0v) is 12.5. The quantitative estimate of drug-likeness (QED) is 0.858. The van der Waals surface area contributed by atoms with Crippen LogP contribution in [0.1, 0.15) is 18.1 Å². The molecule has 0 saturated carbocycles. The monoisotopic (exact) mass is 283 g/mol. The molecule has 0 aliphatic rings. The Labute approximate surface area is 125 Å². The van der Waals surface area contributed by atoms with Gasteiger partial charge in [0.15, 0.2) is 0 Å². The minimum atomic E-state index is -0.602. The number of esters is 1. The van der Waals surface area contributed by atoms with E-state index in [1.165, 1.54) is 11.1 Å². The lowest BCUT2D eigenvalue weighted by Crippen LogP contribution is -2.34. The number of rotatable bonds is 5. The summed E-state index contributed by atoms with van der Waals surface area (Å²) >= 11 is 0. The highest BCUT2D eigenvalue weighted by molar-refractivity contribution is 5.76. The Hall–Kier alpha value is -2.13. The molecule has 0 aliphatic heterocycles. The number of aryl methyl sites for hydroxylation is 1. The van der Waals surface area contributed by atoms with E-state index >= 15 is 0 Å². The third-order valence-corrected chi connectivity index (χ3v) is 3.35. The Morgan fingerprint density at radius 3 is 2.48 bits per heavy atom. The lowest BCUT2D eigenvalue weighted by atomic mass is 10.00. The third kappa shape index (κ3) is 4.17. The second kappa shape index (κ2) is 7.04. The summed E-state index contributed by atoms with van der Waals surface area (Å²) in [6, 6.07) is 15.9. The maximum absolute atomic E-state index is 11.5. The van der Waals surface area contributed by atoms with Crippen molar-refractivity contribution in [2.24, 2.45) is 5.73 Å². The van der Waals surface area contributed by atoms with E-state index in [0.717, 1.165) is 11.1 Å². The van der Waals surface area contributed by atoms with Crippen LogP contribution in [-0.4, -0.2) is 18.6 Å². The molecule has 2 rings (SSSR count). The number of benzene rings is 2. The molecule has 3 heteroatoms. The predicted octanol–water partition coefficient (Wildman–Crippen LogP) is 3.09. The second-order valence-electron chi connectivity index (χ2n) is 5.13.